The first kappa shape index (κ1) is 28.3. The SMILES string of the molecule is Cc1ccc(-c2cc(C(=O)N3N=C(c4ccccc4)CC3c3cc(-c4ccccc4)nn3-c3ccccc3)c3ccccc3n2)cc1. The minimum absolute atomic E-state index is 0.185. The van der Waals surface area contributed by atoms with E-state index in [4.69, 9.17) is 15.2 Å². The van der Waals surface area contributed by atoms with Crippen molar-refractivity contribution < 1.29 is 4.79 Å². The van der Waals surface area contributed by atoms with E-state index in [9.17, 15) is 4.79 Å². The number of para-hydroxylation sites is 2. The Hall–Kier alpha value is -6.14. The van der Waals surface area contributed by atoms with E-state index in [0.717, 1.165) is 56.1 Å². The van der Waals surface area contributed by atoms with Crippen molar-refractivity contribution in [2.75, 3.05) is 0 Å². The molecule has 0 saturated heterocycles. The van der Waals surface area contributed by atoms with Crippen LogP contribution in [-0.4, -0.2) is 31.4 Å². The third-order valence-electron chi connectivity index (χ3n) is 8.67. The molecular formula is C41H31N5O. The van der Waals surface area contributed by atoms with E-state index in [1.807, 2.05) is 114 Å². The number of nitrogens with zero attached hydrogens (tertiary/aromatic N) is 5. The molecule has 8 rings (SSSR count). The average Bonchev–Trinajstić information content (AvgIpc) is 3.78. The van der Waals surface area contributed by atoms with Crippen LogP contribution in [0, 0.1) is 6.92 Å². The van der Waals surface area contributed by atoms with E-state index in [0.29, 0.717) is 12.0 Å². The quantitative estimate of drug-likeness (QED) is 0.189. The van der Waals surface area contributed by atoms with Gasteiger partial charge in [-0.3, -0.25) is 4.79 Å². The Bertz CT molecular complexity index is 2240. The molecule has 0 bridgehead atoms. The third-order valence-corrected chi connectivity index (χ3v) is 8.67. The summed E-state index contributed by atoms with van der Waals surface area (Å²) >= 11 is 0. The summed E-state index contributed by atoms with van der Waals surface area (Å²) in [4.78, 5) is 19.9. The highest BCUT2D eigenvalue weighted by Crippen LogP contribution is 2.38. The zero-order valence-corrected chi connectivity index (χ0v) is 25.9. The molecule has 1 aliphatic heterocycles. The van der Waals surface area contributed by atoms with Crippen LogP contribution < -0.4 is 0 Å². The van der Waals surface area contributed by atoms with E-state index < -0.39 is 6.04 Å². The number of hydrazone groups is 1. The predicted molar refractivity (Wildman–Crippen MR) is 187 cm³/mol. The number of aryl methyl sites for hydroxylation is 1. The number of carbonyl (C=O) groups is 1. The molecule has 1 amide bonds. The minimum atomic E-state index is -0.405. The maximum atomic E-state index is 14.9. The fourth-order valence-corrected chi connectivity index (χ4v) is 6.24. The molecule has 5 aromatic carbocycles. The number of aromatic nitrogens is 3. The van der Waals surface area contributed by atoms with E-state index in [1.165, 1.54) is 5.56 Å². The second-order valence-electron chi connectivity index (χ2n) is 11.8. The number of pyridine rings is 1. The van der Waals surface area contributed by atoms with Crippen molar-refractivity contribution in [2.24, 2.45) is 5.10 Å². The summed E-state index contributed by atoms with van der Waals surface area (Å²) in [7, 11) is 0. The molecule has 226 valence electrons. The lowest BCUT2D eigenvalue weighted by atomic mass is 9.99. The zero-order chi connectivity index (χ0) is 31.7. The molecule has 7 aromatic rings. The number of hydrogen-bond donors (Lipinski definition) is 0. The van der Waals surface area contributed by atoms with E-state index in [1.54, 1.807) is 5.01 Å². The zero-order valence-electron chi connectivity index (χ0n) is 25.9. The van der Waals surface area contributed by atoms with Gasteiger partial charge >= 0.3 is 0 Å². The molecule has 0 saturated carbocycles. The van der Waals surface area contributed by atoms with E-state index in [2.05, 4.69) is 49.4 Å². The number of carbonyl (C=O) groups excluding carboxylic acids is 1. The van der Waals surface area contributed by atoms with Crippen LogP contribution in [0.1, 0.15) is 39.6 Å². The lowest BCUT2D eigenvalue weighted by molar-refractivity contribution is 0.0708. The van der Waals surface area contributed by atoms with E-state index >= 15 is 0 Å². The first-order chi connectivity index (χ1) is 23.1. The molecule has 3 heterocycles. The van der Waals surface area contributed by atoms with Crippen molar-refractivity contribution in [3.05, 3.63) is 174 Å². The number of hydrogen-bond acceptors (Lipinski definition) is 4. The molecule has 0 aliphatic carbocycles. The highest BCUT2D eigenvalue weighted by Gasteiger charge is 2.37. The molecule has 6 nitrogen and oxygen atoms in total. The Morgan fingerprint density at radius 1 is 0.660 bits per heavy atom. The Morgan fingerprint density at radius 2 is 1.28 bits per heavy atom. The monoisotopic (exact) mass is 609 g/mol. The lowest BCUT2D eigenvalue weighted by Crippen LogP contribution is -2.29. The van der Waals surface area contributed by atoms with Gasteiger partial charge in [-0.05, 0) is 42.8 Å². The van der Waals surface area contributed by atoms with Gasteiger partial charge in [-0.25, -0.2) is 14.7 Å². The van der Waals surface area contributed by atoms with Gasteiger partial charge in [-0.2, -0.15) is 10.2 Å². The van der Waals surface area contributed by atoms with Crippen molar-refractivity contribution in [3.8, 4) is 28.2 Å². The molecule has 0 fully saturated rings. The number of benzene rings is 5. The highest BCUT2D eigenvalue weighted by atomic mass is 16.2. The second-order valence-corrected chi connectivity index (χ2v) is 11.8. The van der Waals surface area contributed by atoms with Gasteiger partial charge in [0.25, 0.3) is 5.91 Å². The maximum Gasteiger partial charge on any atom is 0.275 e. The smallest absolute Gasteiger partial charge is 0.267 e. The van der Waals surface area contributed by atoms with Gasteiger partial charge in [0.15, 0.2) is 0 Å². The van der Waals surface area contributed by atoms with E-state index in [-0.39, 0.29) is 5.91 Å². The van der Waals surface area contributed by atoms with Crippen LogP contribution in [0.15, 0.2) is 157 Å². The Kier molecular flexibility index (Phi) is 7.23. The Morgan fingerprint density at radius 3 is 2.00 bits per heavy atom. The molecule has 2 aromatic heterocycles. The summed E-state index contributed by atoms with van der Waals surface area (Å²) < 4.78 is 1.96. The molecule has 6 heteroatoms. The molecule has 1 aliphatic rings. The normalized spacial score (nSPS) is 14.4. The van der Waals surface area contributed by atoms with Crippen LogP contribution in [0.5, 0.6) is 0 Å². The van der Waals surface area contributed by atoms with Crippen LogP contribution in [0.3, 0.4) is 0 Å². The van der Waals surface area contributed by atoms with Gasteiger partial charge in [-0.1, -0.05) is 127 Å². The highest BCUT2D eigenvalue weighted by molar-refractivity contribution is 6.10. The minimum Gasteiger partial charge on any atom is -0.267 e. The summed E-state index contributed by atoms with van der Waals surface area (Å²) in [6.45, 7) is 2.06. The van der Waals surface area contributed by atoms with Gasteiger partial charge in [0, 0.05) is 22.9 Å². The van der Waals surface area contributed by atoms with Crippen LogP contribution in [0.4, 0.5) is 0 Å². The number of amides is 1. The largest absolute Gasteiger partial charge is 0.275 e. The Labute approximate surface area is 273 Å². The van der Waals surface area contributed by atoms with Gasteiger partial charge in [0.05, 0.1) is 39.6 Å². The predicted octanol–water partition coefficient (Wildman–Crippen LogP) is 9.05. The topological polar surface area (TPSA) is 63.4 Å². The van der Waals surface area contributed by atoms with Gasteiger partial charge in [0.2, 0.25) is 0 Å². The molecule has 0 radical (unpaired) electrons. The van der Waals surface area contributed by atoms with Crippen molar-refractivity contribution in [1.29, 1.82) is 0 Å². The molecular weight excluding hydrogens is 578 g/mol. The van der Waals surface area contributed by atoms with Gasteiger partial charge in [-0.15, -0.1) is 0 Å². The molecule has 0 N–H and O–H groups in total. The lowest BCUT2D eigenvalue weighted by Gasteiger charge is -2.23. The second kappa shape index (κ2) is 12.0. The summed E-state index contributed by atoms with van der Waals surface area (Å²) in [5.41, 5.74) is 9.67. The fourth-order valence-electron chi connectivity index (χ4n) is 6.24. The first-order valence-corrected chi connectivity index (χ1v) is 15.8. The molecule has 0 spiro atoms. The number of rotatable bonds is 6. The van der Waals surface area contributed by atoms with Gasteiger partial charge < -0.3 is 0 Å². The van der Waals surface area contributed by atoms with Gasteiger partial charge in [0.1, 0.15) is 6.04 Å². The van der Waals surface area contributed by atoms with Crippen molar-refractivity contribution in [2.45, 2.75) is 19.4 Å². The summed E-state index contributed by atoms with van der Waals surface area (Å²) in [5.74, 6) is -0.185. The van der Waals surface area contributed by atoms with Crippen LogP contribution in [-0.2, 0) is 0 Å². The third kappa shape index (κ3) is 5.40. The number of fused-ring (bicyclic) bond motifs is 1. The Balaban J connectivity index is 1.30. The maximum absolute atomic E-state index is 14.9. The van der Waals surface area contributed by atoms with Crippen molar-refractivity contribution in [3.63, 3.8) is 0 Å². The van der Waals surface area contributed by atoms with Crippen LogP contribution in [0.25, 0.3) is 39.1 Å². The molecule has 1 unspecified atom stereocenters. The molecule has 47 heavy (non-hydrogen) atoms. The van der Waals surface area contributed by atoms with Crippen molar-refractivity contribution >= 4 is 22.5 Å². The first-order valence-electron chi connectivity index (χ1n) is 15.8. The van der Waals surface area contributed by atoms with Crippen molar-refractivity contribution in [1.82, 2.24) is 19.8 Å². The van der Waals surface area contributed by atoms with Crippen LogP contribution >= 0.6 is 0 Å². The standard InChI is InChI=1S/C41H31N5O/c1-28-21-23-31(24-22-28)36-25-34(33-19-11-12-20-35(33)42-36)41(47)46-40(27-38(44-46)30-15-7-3-8-16-30)39-26-37(29-13-5-2-6-14-29)43-45(39)32-17-9-4-10-18-32/h2-26,40H,27H2,1H3. The fraction of sp³-hybridized carbons (Fsp3) is 0.0732. The summed E-state index contributed by atoms with van der Waals surface area (Å²) in [6.07, 6.45) is 0.538. The molecule has 1 atom stereocenters. The van der Waals surface area contributed by atoms with Crippen LogP contribution in [0.2, 0.25) is 0 Å². The summed E-state index contributed by atoms with van der Waals surface area (Å²) in [6, 6.07) is 50.0. The summed E-state index contributed by atoms with van der Waals surface area (Å²) in [5, 5.41) is 12.6. The average molecular weight is 610 g/mol.